The molecule has 7 heteroatoms. The molecule has 5 nitrogen and oxygen atoms in total. The fourth-order valence-corrected chi connectivity index (χ4v) is 1.56. The molecule has 0 aliphatic heterocycles. The summed E-state index contributed by atoms with van der Waals surface area (Å²) in [5, 5.41) is 10.7. The number of hydrogen-bond donors (Lipinski definition) is 1. The highest BCUT2D eigenvalue weighted by Crippen LogP contribution is 2.22. The standard InChI is InChI=1S/C13H10F2N2O3/c14-11-3-2-10(6-12(11)15)20-7-8-5-9(17(18)19)1-4-13(8)16/h1-6H,7,16H2. The van der Waals surface area contributed by atoms with Crippen LogP contribution in [-0.2, 0) is 6.61 Å². The van der Waals surface area contributed by atoms with Crippen LogP contribution < -0.4 is 10.5 Å². The lowest BCUT2D eigenvalue weighted by Gasteiger charge is -2.08. The summed E-state index contributed by atoms with van der Waals surface area (Å²) < 4.78 is 31.0. The normalized spacial score (nSPS) is 10.3. The summed E-state index contributed by atoms with van der Waals surface area (Å²) in [5.41, 5.74) is 6.26. The molecule has 104 valence electrons. The molecule has 0 spiro atoms. The summed E-state index contributed by atoms with van der Waals surface area (Å²) >= 11 is 0. The molecule has 0 amide bonds. The van der Waals surface area contributed by atoms with Crippen LogP contribution in [0.3, 0.4) is 0 Å². The molecule has 0 bridgehead atoms. The van der Waals surface area contributed by atoms with Crippen molar-refractivity contribution in [2.24, 2.45) is 0 Å². The van der Waals surface area contributed by atoms with E-state index in [0.29, 0.717) is 11.3 Å². The first kappa shape index (κ1) is 13.7. The van der Waals surface area contributed by atoms with Gasteiger partial charge in [0.1, 0.15) is 12.4 Å². The molecule has 0 atom stereocenters. The van der Waals surface area contributed by atoms with E-state index >= 15 is 0 Å². The zero-order valence-corrected chi connectivity index (χ0v) is 10.2. The number of hydrogen-bond acceptors (Lipinski definition) is 4. The van der Waals surface area contributed by atoms with Gasteiger partial charge in [0.05, 0.1) is 4.92 Å². The van der Waals surface area contributed by atoms with Gasteiger partial charge in [0.15, 0.2) is 11.6 Å². The average Bonchev–Trinajstić information content (AvgIpc) is 2.41. The van der Waals surface area contributed by atoms with Crippen molar-refractivity contribution in [3.05, 3.63) is 63.7 Å². The van der Waals surface area contributed by atoms with E-state index < -0.39 is 16.6 Å². The van der Waals surface area contributed by atoms with E-state index in [9.17, 15) is 18.9 Å². The van der Waals surface area contributed by atoms with Gasteiger partial charge in [0.2, 0.25) is 0 Å². The molecule has 0 aliphatic carbocycles. The first-order valence-corrected chi connectivity index (χ1v) is 5.58. The zero-order chi connectivity index (χ0) is 14.7. The third-order valence-corrected chi connectivity index (χ3v) is 2.62. The van der Waals surface area contributed by atoms with Crippen LogP contribution >= 0.6 is 0 Å². The van der Waals surface area contributed by atoms with Gasteiger partial charge in [-0.2, -0.15) is 0 Å². The third-order valence-electron chi connectivity index (χ3n) is 2.62. The minimum atomic E-state index is -1.03. The Morgan fingerprint density at radius 2 is 1.90 bits per heavy atom. The molecule has 20 heavy (non-hydrogen) atoms. The highest BCUT2D eigenvalue weighted by Gasteiger charge is 2.10. The van der Waals surface area contributed by atoms with E-state index in [-0.39, 0.29) is 18.0 Å². The molecule has 0 radical (unpaired) electrons. The average molecular weight is 280 g/mol. The van der Waals surface area contributed by atoms with Crippen molar-refractivity contribution >= 4 is 11.4 Å². The number of benzene rings is 2. The Morgan fingerprint density at radius 1 is 1.15 bits per heavy atom. The van der Waals surface area contributed by atoms with E-state index in [1.807, 2.05) is 0 Å². The summed E-state index contributed by atoms with van der Waals surface area (Å²) in [6, 6.07) is 7.02. The Labute approximate surface area is 112 Å². The number of nitrogen functional groups attached to an aromatic ring is 1. The van der Waals surface area contributed by atoms with Gasteiger partial charge in [0, 0.05) is 29.4 Å². The Bertz CT molecular complexity index is 662. The minimum absolute atomic E-state index is 0.0847. The number of non-ortho nitro benzene ring substituents is 1. The molecule has 0 unspecified atom stereocenters. The number of rotatable bonds is 4. The largest absolute Gasteiger partial charge is 0.489 e. The van der Waals surface area contributed by atoms with Gasteiger partial charge in [-0.1, -0.05) is 0 Å². The van der Waals surface area contributed by atoms with Gasteiger partial charge in [-0.15, -0.1) is 0 Å². The quantitative estimate of drug-likeness (QED) is 0.530. The van der Waals surface area contributed by atoms with Crippen molar-refractivity contribution in [2.45, 2.75) is 6.61 Å². The van der Waals surface area contributed by atoms with Crippen molar-refractivity contribution in [1.82, 2.24) is 0 Å². The van der Waals surface area contributed by atoms with E-state index in [1.54, 1.807) is 0 Å². The molecule has 2 aromatic rings. The van der Waals surface area contributed by atoms with Gasteiger partial charge >= 0.3 is 0 Å². The number of nitrogens with two attached hydrogens (primary N) is 1. The SMILES string of the molecule is Nc1ccc([N+](=O)[O-])cc1COc1ccc(F)c(F)c1. The zero-order valence-electron chi connectivity index (χ0n) is 10.2. The number of halogens is 2. The van der Waals surface area contributed by atoms with Crippen molar-refractivity contribution < 1.29 is 18.4 Å². The van der Waals surface area contributed by atoms with Crippen LogP contribution in [0.15, 0.2) is 36.4 Å². The van der Waals surface area contributed by atoms with E-state index in [2.05, 4.69) is 0 Å². The summed E-state index contributed by atoms with van der Waals surface area (Å²) in [4.78, 5) is 10.1. The van der Waals surface area contributed by atoms with E-state index in [1.165, 1.54) is 24.3 Å². The van der Waals surface area contributed by atoms with Gasteiger partial charge in [-0.3, -0.25) is 10.1 Å². The highest BCUT2D eigenvalue weighted by atomic mass is 19.2. The van der Waals surface area contributed by atoms with Crippen molar-refractivity contribution in [1.29, 1.82) is 0 Å². The van der Waals surface area contributed by atoms with Crippen LogP contribution in [0.25, 0.3) is 0 Å². The molecule has 0 aliphatic rings. The summed E-state index contributed by atoms with van der Waals surface area (Å²) in [7, 11) is 0. The second-order valence-corrected chi connectivity index (χ2v) is 4.00. The number of nitro benzene ring substituents is 1. The maximum absolute atomic E-state index is 13.0. The smallest absolute Gasteiger partial charge is 0.269 e. The van der Waals surface area contributed by atoms with Gasteiger partial charge in [-0.05, 0) is 18.2 Å². The molecule has 2 N–H and O–H groups in total. The first-order valence-electron chi connectivity index (χ1n) is 5.58. The third kappa shape index (κ3) is 3.00. The van der Waals surface area contributed by atoms with Gasteiger partial charge in [0.25, 0.3) is 5.69 Å². The van der Waals surface area contributed by atoms with Crippen LogP contribution in [0, 0.1) is 21.7 Å². The molecule has 0 aromatic heterocycles. The fourth-order valence-electron chi connectivity index (χ4n) is 1.56. The molecule has 0 saturated carbocycles. The lowest BCUT2D eigenvalue weighted by molar-refractivity contribution is -0.384. The minimum Gasteiger partial charge on any atom is -0.489 e. The van der Waals surface area contributed by atoms with Crippen LogP contribution in [0.5, 0.6) is 5.75 Å². The second-order valence-electron chi connectivity index (χ2n) is 4.00. The molecular weight excluding hydrogens is 270 g/mol. The van der Waals surface area contributed by atoms with E-state index in [4.69, 9.17) is 10.5 Å². The maximum Gasteiger partial charge on any atom is 0.269 e. The van der Waals surface area contributed by atoms with Crippen LogP contribution in [0.2, 0.25) is 0 Å². The molecule has 0 heterocycles. The Balaban J connectivity index is 2.15. The summed E-state index contributed by atoms with van der Waals surface area (Å²) in [6.45, 7) is -0.0847. The van der Waals surface area contributed by atoms with Gasteiger partial charge < -0.3 is 10.5 Å². The lowest BCUT2D eigenvalue weighted by atomic mass is 10.1. The molecular formula is C13H10F2N2O3. The monoisotopic (exact) mass is 280 g/mol. The number of ether oxygens (including phenoxy) is 1. The number of anilines is 1. The van der Waals surface area contributed by atoms with Gasteiger partial charge in [-0.25, -0.2) is 8.78 Å². The summed E-state index contributed by atoms with van der Waals surface area (Å²) in [5.74, 6) is -1.91. The van der Waals surface area contributed by atoms with Crippen molar-refractivity contribution in [3.63, 3.8) is 0 Å². The second kappa shape index (κ2) is 5.52. The number of nitrogens with zero attached hydrogens (tertiary/aromatic N) is 1. The molecule has 0 saturated heterocycles. The topological polar surface area (TPSA) is 78.4 Å². The Hall–Kier alpha value is -2.70. The van der Waals surface area contributed by atoms with Crippen LogP contribution in [0.1, 0.15) is 5.56 Å². The number of nitro groups is 1. The predicted molar refractivity (Wildman–Crippen MR) is 68.2 cm³/mol. The molecule has 2 aromatic carbocycles. The molecule has 2 rings (SSSR count). The lowest BCUT2D eigenvalue weighted by Crippen LogP contribution is -2.02. The fraction of sp³-hybridized carbons (Fsp3) is 0.0769. The van der Waals surface area contributed by atoms with Crippen molar-refractivity contribution in [2.75, 3.05) is 5.73 Å². The maximum atomic E-state index is 13.0. The van der Waals surface area contributed by atoms with Crippen molar-refractivity contribution in [3.8, 4) is 5.75 Å². The highest BCUT2D eigenvalue weighted by molar-refractivity contribution is 5.52. The van der Waals surface area contributed by atoms with Crippen LogP contribution in [-0.4, -0.2) is 4.92 Å². The summed E-state index contributed by atoms with van der Waals surface area (Å²) in [6.07, 6.45) is 0. The van der Waals surface area contributed by atoms with Crippen LogP contribution in [0.4, 0.5) is 20.2 Å². The predicted octanol–water partition coefficient (Wildman–Crippen LogP) is 3.03. The molecule has 0 fully saturated rings. The first-order chi connectivity index (χ1) is 9.47. The van der Waals surface area contributed by atoms with E-state index in [0.717, 1.165) is 12.1 Å². The Morgan fingerprint density at radius 3 is 2.55 bits per heavy atom. The Kier molecular flexibility index (Phi) is 3.79.